The lowest BCUT2D eigenvalue weighted by Crippen LogP contribution is -2.10. The Kier molecular flexibility index (Phi) is 8.61. The molecule has 0 saturated carbocycles. The van der Waals surface area contributed by atoms with Gasteiger partial charge in [0.25, 0.3) is 0 Å². The molecular formula is C60H37NOS2. The van der Waals surface area contributed by atoms with E-state index in [9.17, 15) is 0 Å². The van der Waals surface area contributed by atoms with Crippen LogP contribution in [0.25, 0.3) is 107 Å². The minimum atomic E-state index is 0.865. The van der Waals surface area contributed by atoms with E-state index in [-0.39, 0.29) is 0 Å². The first-order valence-corrected chi connectivity index (χ1v) is 23.3. The van der Waals surface area contributed by atoms with Crippen molar-refractivity contribution in [2.75, 3.05) is 4.90 Å². The zero-order chi connectivity index (χ0) is 42.1. The third kappa shape index (κ3) is 5.99. The van der Waals surface area contributed by atoms with Gasteiger partial charge in [-0.3, -0.25) is 0 Å². The smallest absolute Gasteiger partial charge is 0.137 e. The Morgan fingerprint density at radius 3 is 1.56 bits per heavy atom. The standard InChI is InChI=1S/C60H37NOS2/c1-5-15-38(16-6-1)42-25-28-50-56(35-42)64-60-47(41-21-11-4-12-22-41)32-33-52(58(50)60)61(44-26-29-49-48-23-13-14-24-53(48)62-54(49)37-44)43-27-34-55-51(36-43)57-45(39-17-7-2-8-18-39)30-31-46(59(57)63-55)40-19-9-3-10-20-40/h1-37H. The fourth-order valence-corrected chi connectivity index (χ4v) is 12.2. The van der Waals surface area contributed by atoms with Crippen LogP contribution in [0.2, 0.25) is 0 Å². The van der Waals surface area contributed by atoms with Gasteiger partial charge in [-0.25, -0.2) is 0 Å². The average molecular weight is 852 g/mol. The van der Waals surface area contributed by atoms with E-state index in [2.05, 4.69) is 223 Å². The van der Waals surface area contributed by atoms with E-state index in [4.69, 9.17) is 4.42 Å². The molecule has 0 radical (unpaired) electrons. The van der Waals surface area contributed by atoms with Crippen molar-refractivity contribution in [2.45, 2.75) is 0 Å². The first kappa shape index (κ1) is 36.9. The van der Waals surface area contributed by atoms with Crippen LogP contribution < -0.4 is 4.90 Å². The maximum Gasteiger partial charge on any atom is 0.137 e. The van der Waals surface area contributed by atoms with Crippen LogP contribution in [0.15, 0.2) is 229 Å². The first-order valence-electron chi connectivity index (χ1n) is 21.7. The Morgan fingerprint density at radius 2 is 0.844 bits per heavy atom. The number of rotatable bonds is 7. The Bertz CT molecular complexity index is 3890. The number of nitrogens with zero attached hydrogens (tertiary/aromatic N) is 1. The minimum absolute atomic E-state index is 0.865. The second-order valence-electron chi connectivity index (χ2n) is 16.4. The van der Waals surface area contributed by atoms with E-state index in [1.807, 2.05) is 28.7 Å². The molecule has 0 saturated heterocycles. The number of furan rings is 1. The molecule has 300 valence electrons. The van der Waals surface area contributed by atoms with E-state index in [1.54, 1.807) is 0 Å². The summed E-state index contributed by atoms with van der Waals surface area (Å²) in [6.07, 6.45) is 0. The first-order chi connectivity index (χ1) is 31.7. The molecule has 0 N–H and O–H groups in total. The van der Waals surface area contributed by atoms with Crippen LogP contribution in [0.4, 0.5) is 17.1 Å². The van der Waals surface area contributed by atoms with Gasteiger partial charge in [0.2, 0.25) is 0 Å². The molecule has 2 nitrogen and oxygen atoms in total. The monoisotopic (exact) mass is 851 g/mol. The molecule has 0 aliphatic carbocycles. The SMILES string of the molecule is c1ccc(-c2ccc3c(c2)sc2c(-c4ccccc4)ccc(N(c4ccc5c(c4)oc4ccccc45)c4ccc5sc6c(-c7ccccc7)ccc(-c7ccccc7)c6c5c4)c23)cc1. The van der Waals surface area contributed by atoms with Crippen LogP contribution in [0.1, 0.15) is 0 Å². The minimum Gasteiger partial charge on any atom is -0.456 e. The maximum atomic E-state index is 6.60. The van der Waals surface area contributed by atoms with Gasteiger partial charge >= 0.3 is 0 Å². The molecular weight excluding hydrogens is 815 g/mol. The molecule has 0 unspecified atom stereocenters. The Hall–Kier alpha value is -7.76. The number of hydrogen-bond acceptors (Lipinski definition) is 4. The molecule has 3 heterocycles. The summed E-state index contributed by atoms with van der Waals surface area (Å²) in [5.41, 5.74) is 14.8. The Morgan fingerprint density at radius 1 is 0.312 bits per heavy atom. The Labute approximate surface area is 378 Å². The van der Waals surface area contributed by atoms with Gasteiger partial charge in [0.1, 0.15) is 11.2 Å². The molecule has 0 amide bonds. The highest BCUT2D eigenvalue weighted by Gasteiger charge is 2.24. The molecule has 13 aromatic rings. The number of thiophene rings is 2. The largest absolute Gasteiger partial charge is 0.456 e. The fraction of sp³-hybridized carbons (Fsp3) is 0. The molecule has 13 rings (SSSR count). The molecule has 0 aliphatic rings. The lowest BCUT2D eigenvalue weighted by atomic mass is 9.94. The van der Waals surface area contributed by atoms with Crippen LogP contribution in [0.5, 0.6) is 0 Å². The molecule has 0 atom stereocenters. The summed E-state index contributed by atoms with van der Waals surface area (Å²) in [5, 5.41) is 7.22. The van der Waals surface area contributed by atoms with Crippen molar-refractivity contribution in [3.8, 4) is 44.5 Å². The number of hydrogen-bond donors (Lipinski definition) is 0. The third-order valence-corrected chi connectivity index (χ3v) is 15.1. The lowest BCUT2D eigenvalue weighted by Gasteiger charge is -2.27. The highest BCUT2D eigenvalue weighted by molar-refractivity contribution is 7.27. The molecule has 64 heavy (non-hydrogen) atoms. The van der Waals surface area contributed by atoms with Gasteiger partial charge in [0, 0.05) is 68.6 Å². The lowest BCUT2D eigenvalue weighted by molar-refractivity contribution is 0.669. The zero-order valence-corrected chi connectivity index (χ0v) is 36.2. The number of benzene rings is 10. The summed E-state index contributed by atoms with van der Waals surface area (Å²) >= 11 is 3.76. The summed E-state index contributed by atoms with van der Waals surface area (Å²) < 4.78 is 11.7. The van der Waals surface area contributed by atoms with E-state index in [1.165, 1.54) is 84.9 Å². The van der Waals surface area contributed by atoms with Crippen LogP contribution in [-0.2, 0) is 0 Å². The second-order valence-corrected chi connectivity index (χ2v) is 18.5. The van der Waals surface area contributed by atoms with Gasteiger partial charge in [-0.2, -0.15) is 0 Å². The van der Waals surface area contributed by atoms with Gasteiger partial charge in [-0.15, -0.1) is 22.7 Å². The highest BCUT2D eigenvalue weighted by atomic mass is 32.1. The topological polar surface area (TPSA) is 16.4 Å². The predicted octanol–water partition coefficient (Wildman–Crippen LogP) is 18.5. The van der Waals surface area contributed by atoms with Gasteiger partial charge in [0.05, 0.1) is 5.69 Å². The molecule has 3 aromatic heterocycles. The normalized spacial score (nSPS) is 11.8. The van der Waals surface area contributed by atoms with E-state index in [0.717, 1.165) is 39.0 Å². The van der Waals surface area contributed by atoms with Crippen molar-refractivity contribution in [1.29, 1.82) is 0 Å². The van der Waals surface area contributed by atoms with Crippen LogP contribution in [0.3, 0.4) is 0 Å². The van der Waals surface area contributed by atoms with Gasteiger partial charge in [0.15, 0.2) is 0 Å². The fourth-order valence-electron chi connectivity index (χ4n) is 9.70. The number of para-hydroxylation sites is 1. The van der Waals surface area contributed by atoms with Crippen molar-refractivity contribution in [2.24, 2.45) is 0 Å². The highest BCUT2D eigenvalue weighted by Crippen LogP contribution is 2.51. The predicted molar refractivity (Wildman–Crippen MR) is 276 cm³/mol. The molecule has 4 heteroatoms. The van der Waals surface area contributed by atoms with Crippen molar-refractivity contribution in [3.05, 3.63) is 224 Å². The van der Waals surface area contributed by atoms with Crippen LogP contribution in [0, 0.1) is 0 Å². The molecule has 10 aromatic carbocycles. The Balaban J connectivity index is 1.11. The maximum absolute atomic E-state index is 6.60. The van der Waals surface area contributed by atoms with Gasteiger partial charge in [-0.1, -0.05) is 170 Å². The van der Waals surface area contributed by atoms with Crippen molar-refractivity contribution >= 4 is 102 Å². The van der Waals surface area contributed by atoms with Gasteiger partial charge in [-0.05, 0) is 93.0 Å². The van der Waals surface area contributed by atoms with E-state index >= 15 is 0 Å². The molecule has 0 aliphatic heterocycles. The molecule has 0 bridgehead atoms. The summed E-state index contributed by atoms with van der Waals surface area (Å²) in [5.74, 6) is 0. The quantitative estimate of drug-likeness (QED) is 0.159. The average Bonchev–Trinajstić information content (AvgIpc) is 4.06. The van der Waals surface area contributed by atoms with Crippen molar-refractivity contribution < 1.29 is 4.42 Å². The summed E-state index contributed by atoms with van der Waals surface area (Å²) in [4.78, 5) is 2.47. The van der Waals surface area contributed by atoms with E-state index < -0.39 is 0 Å². The van der Waals surface area contributed by atoms with Crippen molar-refractivity contribution in [3.63, 3.8) is 0 Å². The summed E-state index contributed by atoms with van der Waals surface area (Å²) in [6.45, 7) is 0. The number of anilines is 3. The second kappa shape index (κ2) is 15.0. The van der Waals surface area contributed by atoms with Crippen LogP contribution in [-0.4, -0.2) is 0 Å². The zero-order valence-electron chi connectivity index (χ0n) is 34.5. The van der Waals surface area contributed by atoms with Crippen molar-refractivity contribution in [1.82, 2.24) is 0 Å². The van der Waals surface area contributed by atoms with Gasteiger partial charge < -0.3 is 9.32 Å². The molecule has 0 fully saturated rings. The third-order valence-electron chi connectivity index (χ3n) is 12.7. The van der Waals surface area contributed by atoms with E-state index in [0.29, 0.717) is 0 Å². The molecule has 0 spiro atoms. The summed E-state index contributed by atoms with van der Waals surface area (Å²) in [6, 6.07) is 81.6. The number of fused-ring (bicyclic) bond motifs is 9. The van der Waals surface area contributed by atoms with Crippen LogP contribution >= 0.6 is 22.7 Å². The summed E-state index contributed by atoms with van der Waals surface area (Å²) in [7, 11) is 0.